The third-order valence-electron chi connectivity index (χ3n) is 4.50. The van der Waals surface area contributed by atoms with Gasteiger partial charge in [0.2, 0.25) is 0 Å². The Morgan fingerprint density at radius 2 is 2.04 bits per heavy atom. The average Bonchev–Trinajstić information content (AvgIpc) is 3.12. The van der Waals surface area contributed by atoms with Crippen molar-refractivity contribution in [2.45, 2.75) is 12.6 Å². The highest BCUT2D eigenvalue weighted by molar-refractivity contribution is 5.58. The Labute approximate surface area is 141 Å². The molecule has 1 aliphatic rings. The number of nitrogens with one attached hydrogen (secondary N) is 2. The lowest BCUT2D eigenvalue weighted by Gasteiger charge is -2.35. The molecule has 0 aliphatic carbocycles. The van der Waals surface area contributed by atoms with Crippen LogP contribution >= 0.6 is 0 Å². The topological polar surface area (TPSA) is 56.8 Å². The molecular weight excluding hydrogens is 298 g/mol. The molecule has 24 heavy (non-hydrogen) atoms. The highest BCUT2D eigenvalue weighted by Gasteiger charge is 2.24. The molecule has 0 amide bonds. The standard InChI is InChI=1S/C19H21N5/c1-2-5-15(6-3-1)18-11-17(22-23-18)14-24-10-9-21-13-19(24)16-7-4-8-20-12-16/h1-8,11-12,19,21H,9-10,13-14H2,(H,22,23). The van der Waals surface area contributed by atoms with E-state index in [2.05, 4.69) is 49.7 Å². The Balaban J connectivity index is 1.52. The summed E-state index contributed by atoms with van der Waals surface area (Å²) in [4.78, 5) is 6.75. The van der Waals surface area contributed by atoms with E-state index in [4.69, 9.17) is 0 Å². The Kier molecular flexibility index (Phi) is 4.36. The van der Waals surface area contributed by atoms with Crippen LogP contribution in [0.15, 0.2) is 60.9 Å². The van der Waals surface area contributed by atoms with Crippen molar-refractivity contribution in [2.24, 2.45) is 0 Å². The molecule has 3 heterocycles. The Bertz CT molecular complexity index is 769. The quantitative estimate of drug-likeness (QED) is 0.776. The van der Waals surface area contributed by atoms with Gasteiger partial charge in [0.15, 0.2) is 0 Å². The summed E-state index contributed by atoms with van der Waals surface area (Å²) in [5.74, 6) is 0. The van der Waals surface area contributed by atoms with Gasteiger partial charge in [0, 0.05) is 55.9 Å². The van der Waals surface area contributed by atoms with Gasteiger partial charge in [-0.25, -0.2) is 0 Å². The minimum absolute atomic E-state index is 0.343. The molecule has 1 atom stereocenters. The molecule has 0 saturated carbocycles. The van der Waals surface area contributed by atoms with Crippen LogP contribution < -0.4 is 5.32 Å². The SMILES string of the molecule is c1ccc(-c2cc(CN3CCNCC3c3cccnc3)[nH]n2)cc1. The molecular formula is C19H21N5. The second-order valence-electron chi connectivity index (χ2n) is 6.12. The highest BCUT2D eigenvalue weighted by atomic mass is 15.2. The van der Waals surface area contributed by atoms with E-state index in [1.54, 1.807) is 0 Å². The van der Waals surface area contributed by atoms with Gasteiger partial charge in [-0.1, -0.05) is 36.4 Å². The van der Waals surface area contributed by atoms with Crippen LogP contribution in [0.4, 0.5) is 0 Å². The molecule has 1 saturated heterocycles. The molecule has 0 radical (unpaired) electrons. The molecule has 122 valence electrons. The van der Waals surface area contributed by atoms with Gasteiger partial charge in [-0.05, 0) is 17.7 Å². The van der Waals surface area contributed by atoms with Gasteiger partial charge in [0.1, 0.15) is 0 Å². The first-order chi connectivity index (χ1) is 11.9. The van der Waals surface area contributed by atoms with E-state index in [1.807, 2.05) is 36.7 Å². The number of nitrogens with zero attached hydrogens (tertiary/aromatic N) is 3. The smallest absolute Gasteiger partial charge is 0.0924 e. The van der Waals surface area contributed by atoms with Crippen LogP contribution in [0.5, 0.6) is 0 Å². The molecule has 0 bridgehead atoms. The second-order valence-corrected chi connectivity index (χ2v) is 6.12. The van der Waals surface area contributed by atoms with Crippen molar-refractivity contribution in [3.63, 3.8) is 0 Å². The number of aromatic amines is 1. The molecule has 1 unspecified atom stereocenters. The number of benzene rings is 1. The largest absolute Gasteiger partial charge is 0.314 e. The zero-order valence-electron chi connectivity index (χ0n) is 13.5. The average molecular weight is 319 g/mol. The van der Waals surface area contributed by atoms with Crippen molar-refractivity contribution < 1.29 is 0 Å². The minimum atomic E-state index is 0.343. The van der Waals surface area contributed by atoms with Gasteiger partial charge in [0.25, 0.3) is 0 Å². The van der Waals surface area contributed by atoms with Crippen LogP contribution in [0.1, 0.15) is 17.3 Å². The molecule has 2 aromatic heterocycles. The van der Waals surface area contributed by atoms with E-state index in [9.17, 15) is 0 Å². The molecule has 5 nitrogen and oxygen atoms in total. The number of H-pyrrole nitrogens is 1. The fraction of sp³-hybridized carbons (Fsp3) is 0.263. The molecule has 1 aliphatic heterocycles. The van der Waals surface area contributed by atoms with E-state index in [1.165, 1.54) is 5.56 Å². The monoisotopic (exact) mass is 319 g/mol. The Morgan fingerprint density at radius 3 is 2.88 bits per heavy atom. The number of rotatable bonds is 4. The van der Waals surface area contributed by atoms with Crippen LogP contribution in [-0.2, 0) is 6.54 Å². The Hall–Kier alpha value is -2.50. The van der Waals surface area contributed by atoms with E-state index in [-0.39, 0.29) is 0 Å². The predicted octanol–water partition coefficient (Wildman–Crippen LogP) is 2.62. The molecule has 1 aromatic carbocycles. The lowest BCUT2D eigenvalue weighted by atomic mass is 10.0. The van der Waals surface area contributed by atoms with E-state index < -0.39 is 0 Å². The van der Waals surface area contributed by atoms with Crippen molar-refractivity contribution in [3.8, 4) is 11.3 Å². The summed E-state index contributed by atoms with van der Waals surface area (Å²) in [6.07, 6.45) is 3.79. The maximum Gasteiger partial charge on any atom is 0.0924 e. The highest BCUT2D eigenvalue weighted by Crippen LogP contribution is 2.24. The molecule has 0 spiro atoms. The first-order valence-corrected chi connectivity index (χ1v) is 8.34. The maximum atomic E-state index is 4.47. The normalized spacial score (nSPS) is 18.6. The van der Waals surface area contributed by atoms with Gasteiger partial charge in [-0.2, -0.15) is 5.10 Å². The minimum Gasteiger partial charge on any atom is -0.314 e. The zero-order chi connectivity index (χ0) is 16.2. The molecule has 3 aromatic rings. The fourth-order valence-electron chi connectivity index (χ4n) is 3.26. The lowest BCUT2D eigenvalue weighted by molar-refractivity contribution is 0.151. The molecule has 4 rings (SSSR count). The summed E-state index contributed by atoms with van der Waals surface area (Å²) in [6, 6.07) is 16.9. The third-order valence-corrected chi connectivity index (χ3v) is 4.50. The summed E-state index contributed by atoms with van der Waals surface area (Å²) in [6.45, 7) is 3.84. The van der Waals surface area contributed by atoms with Crippen molar-refractivity contribution in [1.29, 1.82) is 0 Å². The maximum absolute atomic E-state index is 4.47. The number of piperazine rings is 1. The van der Waals surface area contributed by atoms with E-state index in [0.717, 1.165) is 43.1 Å². The van der Waals surface area contributed by atoms with Crippen LogP contribution in [-0.4, -0.2) is 39.7 Å². The second kappa shape index (κ2) is 6.95. The Morgan fingerprint density at radius 1 is 1.12 bits per heavy atom. The first-order valence-electron chi connectivity index (χ1n) is 8.34. The lowest BCUT2D eigenvalue weighted by Crippen LogP contribution is -2.45. The number of pyridine rings is 1. The molecule has 5 heteroatoms. The number of hydrogen-bond donors (Lipinski definition) is 2. The first kappa shape index (κ1) is 15.1. The van der Waals surface area contributed by atoms with Crippen LogP contribution in [0.2, 0.25) is 0 Å². The number of hydrogen-bond acceptors (Lipinski definition) is 4. The fourth-order valence-corrected chi connectivity index (χ4v) is 3.26. The van der Waals surface area contributed by atoms with Crippen LogP contribution in [0.3, 0.4) is 0 Å². The van der Waals surface area contributed by atoms with Crippen molar-refractivity contribution >= 4 is 0 Å². The van der Waals surface area contributed by atoms with Crippen molar-refractivity contribution in [1.82, 2.24) is 25.4 Å². The summed E-state index contributed by atoms with van der Waals surface area (Å²) >= 11 is 0. The van der Waals surface area contributed by atoms with Gasteiger partial charge >= 0.3 is 0 Å². The summed E-state index contributed by atoms with van der Waals surface area (Å²) < 4.78 is 0. The van der Waals surface area contributed by atoms with Gasteiger partial charge < -0.3 is 5.32 Å². The molecule has 2 N–H and O–H groups in total. The summed E-state index contributed by atoms with van der Waals surface area (Å²) in [5.41, 5.74) is 4.54. The predicted molar refractivity (Wildman–Crippen MR) is 94.3 cm³/mol. The van der Waals surface area contributed by atoms with E-state index >= 15 is 0 Å². The van der Waals surface area contributed by atoms with Crippen molar-refractivity contribution in [2.75, 3.05) is 19.6 Å². The zero-order valence-corrected chi connectivity index (χ0v) is 13.5. The van der Waals surface area contributed by atoms with Crippen LogP contribution in [0, 0.1) is 0 Å². The van der Waals surface area contributed by atoms with Crippen LogP contribution in [0.25, 0.3) is 11.3 Å². The van der Waals surface area contributed by atoms with E-state index in [0.29, 0.717) is 6.04 Å². The summed E-state index contributed by atoms with van der Waals surface area (Å²) in [7, 11) is 0. The van der Waals surface area contributed by atoms with Gasteiger partial charge in [0.05, 0.1) is 5.69 Å². The molecule has 1 fully saturated rings. The third kappa shape index (κ3) is 3.22. The van der Waals surface area contributed by atoms with Gasteiger partial charge in [-0.3, -0.25) is 15.0 Å². The summed E-state index contributed by atoms with van der Waals surface area (Å²) in [5, 5.41) is 11.2. The van der Waals surface area contributed by atoms with Gasteiger partial charge in [-0.15, -0.1) is 0 Å². The van der Waals surface area contributed by atoms with Crippen molar-refractivity contribution in [3.05, 3.63) is 72.2 Å². The number of aromatic nitrogens is 3.